The molecule has 0 unspecified atom stereocenters. The molecule has 4 heterocycles. The van der Waals surface area contributed by atoms with E-state index in [0.717, 1.165) is 117 Å². The van der Waals surface area contributed by atoms with Crippen LogP contribution in [0.5, 0.6) is 0 Å². The van der Waals surface area contributed by atoms with Crippen molar-refractivity contribution in [3.05, 3.63) is 186 Å². The van der Waals surface area contributed by atoms with Crippen LogP contribution in [0.2, 0.25) is 20.1 Å². The Labute approximate surface area is 684 Å². The molecule has 0 amide bonds. The van der Waals surface area contributed by atoms with E-state index in [0.29, 0.717) is 120 Å². The molecule has 0 bridgehead atoms. The Morgan fingerprint density at radius 3 is 0.714 bits per heavy atom. The van der Waals surface area contributed by atoms with E-state index in [1.165, 1.54) is 51.4 Å². The monoisotopic (exact) mass is 1590 g/mol. The third kappa shape index (κ3) is 26.4. The van der Waals surface area contributed by atoms with Crippen LogP contribution in [0.25, 0.3) is 0 Å². The van der Waals surface area contributed by atoms with Crippen molar-refractivity contribution >= 4 is 93.5 Å². The first-order valence-electron chi connectivity index (χ1n) is 39.6. The maximum Gasteiger partial charge on any atom is 0.224 e. The first kappa shape index (κ1) is 86.7. The van der Waals surface area contributed by atoms with Gasteiger partial charge in [0.05, 0.1) is 24.8 Å². The molecular weight excluding hydrogens is 1480 g/mol. The quantitative estimate of drug-likeness (QED) is 0.0279. The van der Waals surface area contributed by atoms with Gasteiger partial charge in [0.2, 0.25) is 23.8 Å². The maximum atomic E-state index is 9.46. The van der Waals surface area contributed by atoms with Gasteiger partial charge in [0.25, 0.3) is 0 Å². The molecule has 0 radical (unpaired) electrons. The number of aromatic nitrogens is 8. The second-order valence-corrected chi connectivity index (χ2v) is 35.5. The normalized spacial score (nSPS) is 21.0. The van der Waals surface area contributed by atoms with Gasteiger partial charge < -0.3 is 42.5 Å². The fourth-order valence-corrected chi connectivity index (χ4v) is 17.2. The summed E-state index contributed by atoms with van der Waals surface area (Å²) in [6.07, 6.45) is 23.4. The average molecular weight is 1590 g/mol. The molecule has 8 aromatic rings. The van der Waals surface area contributed by atoms with Crippen molar-refractivity contribution in [2.24, 2.45) is 45.3 Å². The molecule has 0 saturated heterocycles. The van der Waals surface area contributed by atoms with Gasteiger partial charge >= 0.3 is 0 Å². The van der Waals surface area contributed by atoms with Gasteiger partial charge in [0, 0.05) is 70.4 Å². The van der Waals surface area contributed by atoms with Crippen LogP contribution in [0.4, 0.5) is 47.1 Å². The third-order valence-corrected chi connectivity index (χ3v) is 23.2. The first-order chi connectivity index (χ1) is 53.5. The summed E-state index contributed by atoms with van der Waals surface area (Å²) in [7, 11) is 0. The highest BCUT2D eigenvalue weighted by Gasteiger charge is 2.40. The van der Waals surface area contributed by atoms with Crippen molar-refractivity contribution in [1.29, 1.82) is 21.0 Å². The highest BCUT2D eigenvalue weighted by atomic mass is 35.5. The predicted octanol–water partition coefficient (Wildman–Crippen LogP) is 21.1. The minimum Gasteiger partial charge on any atom is -0.366 e. The zero-order chi connectivity index (χ0) is 80.6. The van der Waals surface area contributed by atoms with E-state index in [-0.39, 0.29) is 21.7 Å². The summed E-state index contributed by atoms with van der Waals surface area (Å²) in [5.74, 6) is 7.55. The molecule has 12 rings (SSSR count). The number of hydrogen-bond acceptors (Lipinski definition) is 20. The van der Waals surface area contributed by atoms with Gasteiger partial charge in [-0.15, -0.1) is 0 Å². The van der Waals surface area contributed by atoms with Crippen molar-refractivity contribution in [1.82, 2.24) is 39.9 Å². The van der Waals surface area contributed by atoms with Crippen molar-refractivity contribution in [2.45, 2.75) is 210 Å². The molecule has 112 heavy (non-hydrogen) atoms. The SMILES string of the molecule is C[C@@H]1CC[C@@H](Nc2nc(NCCc3cccc(Cl)c3)ncc2C#N)C(C)(C)C1.C[C@@H]1CC[C@H](Nc2nc(NCCc3cccc(Cl)c3)ncc2C#N)C(C)(C)C1.C[C@H]1CC[C@@H](Nc2nc(NCCc3cccc(Cl)c3)ncc2C#N)C(C)(C)C1.C[C@H]1CC[C@H](Nc2nc(NCCc3cccc(Cl)c3)ncc2C#N)C(C)(C)C1. The van der Waals surface area contributed by atoms with Crippen LogP contribution in [-0.2, 0) is 25.7 Å². The Morgan fingerprint density at radius 2 is 0.536 bits per heavy atom. The van der Waals surface area contributed by atoms with Crippen LogP contribution < -0.4 is 42.5 Å². The summed E-state index contributed by atoms with van der Waals surface area (Å²) < 4.78 is 0. The van der Waals surface area contributed by atoms with E-state index in [1.54, 1.807) is 24.8 Å². The lowest BCUT2D eigenvalue weighted by Gasteiger charge is -2.42. The average Bonchev–Trinajstić information content (AvgIpc) is 0.821. The number of hydrogen-bond donors (Lipinski definition) is 8. The molecule has 592 valence electrons. The molecule has 8 atom stereocenters. The highest BCUT2D eigenvalue weighted by molar-refractivity contribution is 6.31. The van der Waals surface area contributed by atoms with E-state index in [9.17, 15) is 21.0 Å². The number of nitrogens with one attached hydrogen (secondary N) is 8. The zero-order valence-corrected chi connectivity index (χ0v) is 70.2. The topological polar surface area (TPSA) is 295 Å². The van der Waals surface area contributed by atoms with Gasteiger partial charge in [-0.1, -0.05) is 178 Å². The van der Waals surface area contributed by atoms with Crippen molar-refractivity contribution in [2.75, 3.05) is 68.7 Å². The molecule has 0 spiro atoms. The molecule has 20 nitrogen and oxygen atoms in total. The predicted molar refractivity (Wildman–Crippen MR) is 458 cm³/mol. The summed E-state index contributed by atoms with van der Waals surface area (Å²) in [6.45, 7) is 30.3. The number of halogens is 4. The minimum absolute atomic E-state index is 0.162. The smallest absolute Gasteiger partial charge is 0.224 e. The summed E-state index contributed by atoms with van der Waals surface area (Å²) in [4.78, 5) is 35.5. The number of benzene rings is 4. The molecule has 4 fully saturated rings. The number of nitrogens with zero attached hydrogens (tertiary/aromatic N) is 12. The van der Waals surface area contributed by atoms with Crippen molar-refractivity contribution < 1.29 is 0 Å². The summed E-state index contributed by atoms with van der Waals surface area (Å²) in [5.41, 5.74) is 7.20. The number of anilines is 8. The summed E-state index contributed by atoms with van der Waals surface area (Å²) in [5, 5.41) is 68.0. The Morgan fingerprint density at radius 1 is 0.330 bits per heavy atom. The van der Waals surface area contributed by atoms with Gasteiger partial charge in [-0.3, -0.25) is 0 Å². The van der Waals surface area contributed by atoms with Gasteiger partial charge in [0.1, 0.15) is 69.8 Å². The lowest BCUT2D eigenvalue weighted by molar-refractivity contribution is 0.169. The second kappa shape index (κ2) is 41.0. The molecule has 4 saturated carbocycles. The van der Waals surface area contributed by atoms with Gasteiger partial charge in [-0.2, -0.15) is 41.0 Å². The molecule has 4 aliphatic carbocycles. The maximum absolute atomic E-state index is 9.46. The van der Waals surface area contributed by atoms with E-state index >= 15 is 0 Å². The van der Waals surface area contributed by atoms with E-state index in [4.69, 9.17) is 46.4 Å². The standard InChI is InChI=1S/4C22H28ClN5/c4*1-15-7-8-19(22(2,3)12-15)27-20-17(13-24)14-26-21(28-20)25-10-9-16-5-4-6-18(23)11-16/h4*4-6,11,14-15,19H,7-10,12H2,1-3H3,(H2,25,26,27,28)/t2*15-,19+;2*15-,19-/m1010/s1. The van der Waals surface area contributed by atoms with Crippen molar-refractivity contribution in [3.8, 4) is 24.3 Å². The minimum atomic E-state index is 0.162. The highest BCUT2D eigenvalue weighted by Crippen LogP contribution is 2.44. The lowest BCUT2D eigenvalue weighted by Crippen LogP contribution is -2.41. The Hall–Kier alpha value is -9.28. The van der Waals surface area contributed by atoms with Gasteiger partial charge in [0.15, 0.2) is 0 Å². The molecule has 24 heteroatoms. The number of rotatable bonds is 24. The molecule has 0 aliphatic heterocycles. The largest absolute Gasteiger partial charge is 0.366 e. The zero-order valence-electron chi connectivity index (χ0n) is 67.2. The van der Waals surface area contributed by atoms with E-state index in [1.807, 2.05) is 97.1 Å². The lowest BCUT2D eigenvalue weighted by atomic mass is 9.69. The molecule has 4 aromatic heterocycles. The molecule has 4 aliphatic rings. The Balaban J connectivity index is 0.000000171. The van der Waals surface area contributed by atoms with Gasteiger partial charge in [-0.25, -0.2) is 19.9 Å². The van der Waals surface area contributed by atoms with E-state index < -0.39 is 0 Å². The van der Waals surface area contributed by atoms with Gasteiger partial charge in [-0.05, 0) is 219 Å². The molecule has 4 aromatic carbocycles. The summed E-state index contributed by atoms with van der Waals surface area (Å²) >= 11 is 24.1. The number of nitriles is 4. The van der Waals surface area contributed by atoms with Crippen molar-refractivity contribution in [3.63, 3.8) is 0 Å². The fraction of sp³-hybridized carbons (Fsp3) is 0.500. The first-order valence-corrected chi connectivity index (χ1v) is 41.1. The van der Waals surface area contributed by atoms with Crippen LogP contribution in [0, 0.1) is 90.7 Å². The second-order valence-electron chi connectivity index (χ2n) is 33.8. The molecule has 8 N–H and O–H groups in total. The molecular formula is C88H112Cl4N20. The van der Waals surface area contributed by atoms with Crippen LogP contribution in [-0.4, -0.2) is 90.2 Å². The van der Waals surface area contributed by atoms with Crippen LogP contribution in [0.1, 0.15) is 205 Å². The fourth-order valence-electron chi connectivity index (χ4n) is 16.3. The summed E-state index contributed by atoms with van der Waals surface area (Å²) in [6, 6.07) is 41.3. The van der Waals surface area contributed by atoms with E-state index in [2.05, 4.69) is 190 Å². The third-order valence-electron chi connectivity index (χ3n) is 22.3. The Bertz CT molecular complexity index is 4000. The van der Waals surface area contributed by atoms with Crippen LogP contribution in [0.15, 0.2) is 122 Å². The Kier molecular flexibility index (Phi) is 31.7. The van der Waals surface area contributed by atoms with Crippen LogP contribution >= 0.6 is 46.4 Å². The van der Waals surface area contributed by atoms with Crippen LogP contribution in [0.3, 0.4) is 0 Å².